The number of aromatic nitrogens is 5. The van der Waals surface area contributed by atoms with Gasteiger partial charge in [0.2, 0.25) is 5.88 Å². The third kappa shape index (κ3) is 4.73. The van der Waals surface area contributed by atoms with E-state index in [1.807, 2.05) is 31.7 Å². The van der Waals surface area contributed by atoms with Gasteiger partial charge in [0.25, 0.3) is 0 Å². The minimum atomic E-state index is -0.0785. The van der Waals surface area contributed by atoms with Gasteiger partial charge < -0.3 is 19.5 Å². The van der Waals surface area contributed by atoms with Crippen LogP contribution in [0.2, 0.25) is 0 Å². The number of fused-ring (bicyclic) bond motifs is 1. The topological polar surface area (TPSA) is 88.3 Å². The van der Waals surface area contributed by atoms with E-state index in [4.69, 9.17) is 24.3 Å². The van der Waals surface area contributed by atoms with Crippen LogP contribution in [0.3, 0.4) is 0 Å². The molecule has 0 saturated carbocycles. The second kappa shape index (κ2) is 10.7. The fourth-order valence-corrected chi connectivity index (χ4v) is 4.51. The minimum absolute atomic E-state index is 0.0377. The summed E-state index contributed by atoms with van der Waals surface area (Å²) in [5.74, 6) is 0.673. The molecule has 9 heteroatoms. The minimum Gasteiger partial charge on any atom is -0.473 e. The molecule has 1 aliphatic heterocycles. The summed E-state index contributed by atoms with van der Waals surface area (Å²) >= 11 is 0. The number of likely N-dealkylation sites (N-methyl/N-ethyl adjacent to an activating group) is 1. The number of ether oxygens (including phenoxy) is 3. The Bertz CT molecular complexity index is 1150. The highest BCUT2D eigenvalue weighted by Gasteiger charge is 2.26. The molecule has 1 aliphatic rings. The standard InChI is InChI=1S/C25H36N6O3/c1-7-21-18-13-19(27-17(4)24(18)29-31(21)22-11-9-10-12-33-22)23-20(15-32-6)28-30(5)25(23)34-16(3)14-26-8-2/h7,13,16,22,26H,1,8-12,14-15H2,2-6H3/t16-,22?/m0/s1. The van der Waals surface area contributed by atoms with Crippen molar-refractivity contribution >= 4 is 17.0 Å². The van der Waals surface area contributed by atoms with Crippen molar-refractivity contribution < 1.29 is 14.2 Å². The van der Waals surface area contributed by atoms with Crippen molar-refractivity contribution in [1.82, 2.24) is 29.9 Å². The zero-order valence-corrected chi connectivity index (χ0v) is 20.9. The normalized spacial score (nSPS) is 17.3. The number of aryl methyl sites for hydroxylation is 2. The lowest BCUT2D eigenvalue weighted by Crippen LogP contribution is -2.29. The number of hydrogen-bond donors (Lipinski definition) is 1. The lowest BCUT2D eigenvalue weighted by atomic mass is 10.1. The molecule has 0 amide bonds. The highest BCUT2D eigenvalue weighted by molar-refractivity contribution is 5.91. The molecule has 3 aromatic heterocycles. The molecule has 4 heterocycles. The summed E-state index contributed by atoms with van der Waals surface area (Å²) in [6.45, 7) is 12.9. The van der Waals surface area contributed by atoms with Crippen LogP contribution in [0.15, 0.2) is 12.6 Å². The van der Waals surface area contributed by atoms with Crippen molar-refractivity contribution in [3.8, 4) is 17.1 Å². The molecule has 0 aliphatic carbocycles. The summed E-state index contributed by atoms with van der Waals surface area (Å²) in [5, 5.41) is 13.9. The molecule has 184 valence electrons. The Morgan fingerprint density at radius 2 is 2.18 bits per heavy atom. The molecule has 9 nitrogen and oxygen atoms in total. The fourth-order valence-electron chi connectivity index (χ4n) is 4.51. The summed E-state index contributed by atoms with van der Waals surface area (Å²) in [7, 11) is 3.55. The van der Waals surface area contributed by atoms with Crippen molar-refractivity contribution in [2.75, 3.05) is 26.8 Å². The number of methoxy groups -OCH3 is 1. The lowest BCUT2D eigenvalue weighted by molar-refractivity contribution is -0.0394. The third-order valence-corrected chi connectivity index (χ3v) is 6.12. The molecule has 1 unspecified atom stereocenters. The Balaban J connectivity index is 1.83. The Kier molecular flexibility index (Phi) is 7.65. The molecule has 1 fully saturated rings. The number of rotatable bonds is 10. The number of hydrogen-bond acceptors (Lipinski definition) is 7. The summed E-state index contributed by atoms with van der Waals surface area (Å²) in [6, 6.07) is 2.06. The molecule has 2 atom stereocenters. The van der Waals surface area contributed by atoms with Gasteiger partial charge in [-0.25, -0.2) is 9.36 Å². The van der Waals surface area contributed by atoms with E-state index in [2.05, 4.69) is 30.0 Å². The molecule has 4 rings (SSSR count). The van der Waals surface area contributed by atoms with Crippen molar-refractivity contribution in [1.29, 1.82) is 0 Å². The first-order valence-corrected chi connectivity index (χ1v) is 12.0. The first kappa shape index (κ1) is 24.4. The molecule has 0 aromatic carbocycles. The Hall–Kier alpha value is -2.75. The predicted octanol–water partition coefficient (Wildman–Crippen LogP) is 4.01. The summed E-state index contributed by atoms with van der Waals surface area (Å²) < 4.78 is 21.5. The van der Waals surface area contributed by atoms with Crippen molar-refractivity contribution in [2.45, 2.75) is 59.0 Å². The highest BCUT2D eigenvalue weighted by Crippen LogP contribution is 2.37. The van der Waals surface area contributed by atoms with E-state index in [1.54, 1.807) is 11.8 Å². The second-order valence-corrected chi connectivity index (χ2v) is 8.76. The van der Waals surface area contributed by atoms with Crippen LogP contribution >= 0.6 is 0 Å². The zero-order chi connectivity index (χ0) is 24.2. The van der Waals surface area contributed by atoms with E-state index in [0.29, 0.717) is 12.5 Å². The first-order chi connectivity index (χ1) is 16.5. The van der Waals surface area contributed by atoms with E-state index in [-0.39, 0.29) is 12.3 Å². The molecule has 3 aromatic rings. The Labute approximate surface area is 201 Å². The lowest BCUT2D eigenvalue weighted by Gasteiger charge is -2.23. The number of nitrogens with zero attached hydrogens (tertiary/aromatic N) is 5. The number of pyridine rings is 1. The van der Waals surface area contributed by atoms with Crippen LogP contribution in [0, 0.1) is 6.92 Å². The predicted molar refractivity (Wildman–Crippen MR) is 133 cm³/mol. The van der Waals surface area contributed by atoms with Crippen LogP contribution in [-0.4, -0.2) is 57.5 Å². The SMILES string of the molecule is C=Cc1c2cc(-c3c(COC)nn(C)c3O[C@@H](C)CNCC)nc(C)c2nn1C1CCCCO1. The highest BCUT2D eigenvalue weighted by atomic mass is 16.5. The van der Waals surface area contributed by atoms with Crippen LogP contribution < -0.4 is 10.1 Å². The van der Waals surface area contributed by atoms with Crippen LogP contribution in [0.5, 0.6) is 5.88 Å². The average molecular weight is 469 g/mol. The van der Waals surface area contributed by atoms with E-state index in [0.717, 1.165) is 78.2 Å². The first-order valence-electron chi connectivity index (χ1n) is 12.0. The maximum Gasteiger partial charge on any atom is 0.221 e. The van der Waals surface area contributed by atoms with Gasteiger partial charge in [-0.2, -0.15) is 10.2 Å². The molecular formula is C25H36N6O3. The second-order valence-electron chi connectivity index (χ2n) is 8.76. The van der Waals surface area contributed by atoms with Gasteiger partial charge in [-0.05, 0) is 51.8 Å². The summed E-state index contributed by atoms with van der Waals surface area (Å²) in [5.41, 5.74) is 5.04. The van der Waals surface area contributed by atoms with E-state index in [1.165, 1.54) is 0 Å². The average Bonchev–Trinajstić information content (AvgIpc) is 3.36. The molecule has 34 heavy (non-hydrogen) atoms. The largest absolute Gasteiger partial charge is 0.473 e. The number of nitrogens with one attached hydrogen (secondary N) is 1. The van der Waals surface area contributed by atoms with Gasteiger partial charge in [0.15, 0.2) is 6.23 Å². The van der Waals surface area contributed by atoms with Crippen molar-refractivity contribution in [2.24, 2.45) is 7.05 Å². The molecule has 1 N–H and O–H groups in total. The van der Waals surface area contributed by atoms with Gasteiger partial charge in [0, 0.05) is 32.7 Å². The molecule has 1 saturated heterocycles. The van der Waals surface area contributed by atoms with E-state index < -0.39 is 0 Å². The van der Waals surface area contributed by atoms with Crippen molar-refractivity contribution in [3.05, 3.63) is 29.7 Å². The summed E-state index contributed by atoms with van der Waals surface area (Å²) in [6.07, 6.45) is 4.89. The Morgan fingerprint density at radius 3 is 2.85 bits per heavy atom. The smallest absolute Gasteiger partial charge is 0.221 e. The van der Waals surface area contributed by atoms with Gasteiger partial charge in [0.1, 0.15) is 17.3 Å². The van der Waals surface area contributed by atoms with Gasteiger partial charge in [0.05, 0.1) is 29.3 Å². The van der Waals surface area contributed by atoms with Crippen molar-refractivity contribution in [3.63, 3.8) is 0 Å². The maximum atomic E-state index is 6.35. The van der Waals surface area contributed by atoms with Crippen LogP contribution in [-0.2, 0) is 23.1 Å². The molecular weight excluding hydrogens is 432 g/mol. The maximum absolute atomic E-state index is 6.35. The molecule has 0 spiro atoms. The van der Waals surface area contributed by atoms with Crippen LogP contribution in [0.4, 0.5) is 0 Å². The monoisotopic (exact) mass is 468 g/mol. The summed E-state index contributed by atoms with van der Waals surface area (Å²) in [4.78, 5) is 4.94. The van der Waals surface area contributed by atoms with E-state index >= 15 is 0 Å². The zero-order valence-electron chi connectivity index (χ0n) is 20.9. The van der Waals surface area contributed by atoms with E-state index in [9.17, 15) is 0 Å². The van der Waals surface area contributed by atoms with Gasteiger partial charge in [-0.1, -0.05) is 13.5 Å². The fraction of sp³-hybridized carbons (Fsp3) is 0.560. The Morgan fingerprint density at radius 1 is 1.35 bits per heavy atom. The van der Waals surface area contributed by atoms with Crippen LogP contribution in [0.25, 0.3) is 28.2 Å². The molecule has 0 radical (unpaired) electrons. The van der Waals surface area contributed by atoms with Crippen LogP contribution in [0.1, 0.15) is 56.4 Å². The quantitative estimate of drug-likeness (QED) is 0.481. The van der Waals surface area contributed by atoms with Gasteiger partial charge in [-0.3, -0.25) is 4.98 Å². The van der Waals surface area contributed by atoms with Gasteiger partial charge >= 0.3 is 0 Å². The van der Waals surface area contributed by atoms with Gasteiger partial charge in [-0.15, -0.1) is 0 Å². The molecule has 0 bridgehead atoms. The third-order valence-electron chi connectivity index (χ3n) is 6.12.